The molecule has 4 heteroatoms. The molecule has 0 unspecified atom stereocenters. The average Bonchev–Trinajstić information content (AvgIpc) is 2.71. The van der Waals surface area contributed by atoms with E-state index in [1.165, 1.54) is 0 Å². The molecule has 1 aromatic heterocycles. The summed E-state index contributed by atoms with van der Waals surface area (Å²) in [5, 5.41) is 10.2. The smallest absolute Gasteiger partial charge is 0.354 e. The molecule has 2 rings (SSSR count). The lowest BCUT2D eigenvalue weighted by Gasteiger charge is -2.07. The molecule has 4 nitrogen and oxygen atoms in total. The van der Waals surface area contributed by atoms with E-state index in [1.807, 2.05) is 0 Å². The van der Waals surface area contributed by atoms with E-state index in [0.717, 1.165) is 10.9 Å². The second-order valence-electron chi connectivity index (χ2n) is 3.60. The number of esters is 1. The van der Waals surface area contributed by atoms with Crippen LogP contribution in [0.4, 0.5) is 0 Å². The highest BCUT2D eigenvalue weighted by molar-refractivity contribution is 6.11. The molecule has 0 aliphatic heterocycles. The summed E-state index contributed by atoms with van der Waals surface area (Å²) >= 11 is 0. The Morgan fingerprint density at radius 3 is 2.94 bits per heavy atom. The molecule has 0 fully saturated rings. The van der Waals surface area contributed by atoms with Crippen LogP contribution in [0, 0.1) is 0 Å². The number of hydrogen-bond acceptors (Lipinski definition) is 3. The van der Waals surface area contributed by atoms with Gasteiger partial charge in [0.1, 0.15) is 11.4 Å². The fourth-order valence-electron chi connectivity index (χ4n) is 1.68. The maximum absolute atomic E-state index is 11.6. The molecule has 0 radical (unpaired) electrons. The van der Waals surface area contributed by atoms with Crippen molar-refractivity contribution in [2.24, 2.45) is 0 Å². The first-order valence-corrected chi connectivity index (χ1v) is 5.30. The predicted molar refractivity (Wildman–Crippen MR) is 65.6 cm³/mol. The number of phenolic OH excluding ortho intramolecular Hbond substituents is 1. The Balaban J connectivity index is 2.43. The molecule has 0 saturated carbocycles. The first-order chi connectivity index (χ1) is 8.13. The van der Waals surface area contributed by atoms with Gasteiger partial charge in [0.2, 0.25) is 0 Å². The highest BCUT2D eigenvalue weighted by atomic mass is 16.5. The maximum Gasteiger partial charge on any atom is 0.354 e. The maximum atomic E-state index is 11.6. The van der Waals surface area contributed by atoms with Crippen LogP contribution in [0.5, 0.6) is 5.75 Å². The van der Waals surface area contributed by atoms with Crippen molar-refractivity contribution < 1.29 is 14.6 Å². The van der Waals surface area contributed by atoms with E-state index in [4.69, 9.17) is 4.74 Å². The minimum atomic E-state index is -0.446. The zero-order valence-electron chi connectivity index (χ0n) is 9.51. The monoisotopic (exact) mass is 231 g/mol. The molecule has 1 heterocycles. The Morgan fingerprint density at radius 1 is 1.47 bits per heavy atom. The average molecular weight is 231 g/mol. The third-order valence-corrected chi connectivity index (χ3v) is 2.48. The first-order valence-electron chi connectivity index (χ1n) is 5.30. The fraction of sp³-hybridized carbons (Fsp3) is 0.154. The number of fused-ring (bicyclic) bond motifs is 1. The Kier molecular flexibility index (Phi) is 2.87. The van der Waals surface area contributed by atoms with Crippen molar-refractivity contribution in [2.45, 2.75) is 6.92 Å². The highest BCUT2D eigenvalue weighted by Gasteiger charge is 2.12. The van der Waals surface area contributed by atoms with Crippen molar-refractivity contribution in [3.63, 3.8) is 0 Å². The lowest BCUT2D eigenvalue weighted by Crippen LogP contribution is -2.10. The SMILES string of the molecule is C=C(C(=O)OCC)n1ccc2cc(O)ccc21. The molecular weight excluding hydrogens is 218 g/mol. The van der Waals surface area contributed by atoms with E-state index in [0.29, 0.717) is 6.61 Å². The van der Waals surface area contributed by atoms with E-state index < -0.39 is 5.97 Å². The minimum absolute atomic E-state index is 0.192. The van der Waals surface area contributed by atoms with Crippen molar-refractivity contribution >= 4 is 22.6 Å². The van der Waals surface area contributed by atoms with Gasteiger partial charge in [-0.3, -0.25) is 0 Å². The number of nitrogens with zero attached hydrogens (tertiary/aromatic N) is 1. The first kappa shape index (κ1) is 11.3. The van der Waals surface area contributed by atoms with Gasteiger partial charge in [0.05, 0.1) is 12.1 Å². The van der Waals surface area contributed by atoms with Crippen LogP contribution in [-0.2, 0) is 9.53 Å². The highest BCUT2D eigenvalue weighted by Crippen LogP contribution is 2.23. The number of rotatable bonds is 3. The van der Waals surface area contributed by atoms with E-state index >= 15 is 0 Å². The van der Waals surface area contributed by atoms with Crippen molar-refractivity contribution in [1.29, 1.82) is 0 Å². The molecule has 88 valence electrons. The molecule has 0 aliphatic rings. The standard InChI is InChI=1S/C13H13NO3/c1-3-17-13(16)9(2)14-7-6-10-8-11(15)4-5-12(10)14/h4-8,15H,2-3H2,1H3. The van der Waals surface area contributed by atoms with Crippen LogP contribution < -0.4 is 0 Å². The van der Waals surface area contributed by atoms with Gasteiger partial charge in [-0.1, -0.05) is 6.58 Å². The number of aromatic hydroxyl groups is 1. The normalized spacial score (nSPS) is 10.4. The summed E-state index contributed by atoms with van der Waals surface area (Å²) in [4.78, 5) is 11.6. The van der Waals surface area contributed by atoms with Crippen LogP contribution in [0.1, 0.15) is 6.92 Å². The van der Waals surface area contributed by atoms with Gasteiger partial charge in [-0.15, -0.1) is 0 Å². The van der Waals surface area contributed by atoms with Crippen LogP contribution in [0.2, 0.25) is 0 Å². The van der Waals surface area contributed by atoms with Gasteiger partial charge in [0.25, 0.3) is 0 Å². The Bertz CT molecular complexity index is 583. The molecule has 2 aromatic rings. The Morgan fingerprint density at radius 2 is 2.24 bits per heavy atom. The van der Waals surface area contributed by atoms with E-state index in [1.54, 1.807) is 42.0 Å². The molecule has 17 heavy (non-hydrogen) atoms. The van der Waals surface area contributed by atoms with Gasteiger partial charge in [-0.2, -0.15) is 0 Å². The van der Waals surface area contributed by atoms with Gasteiger partial charge >= 0.3 is 5.97 Å². The third-order valence-electron chi connectivity index (χ3n) is 2.48. The number of benzene rings is 1. The van der Waals surface area contributed by atoms with Crippen LogP contribution in [-0.4, -0.2) is 22.2 Å². The number of phenols is 1. The zero-order chi connectivity index (χ0) is 12.4. The second kappa shape index (κ2) is 4.33. The summed E-state index contributed by atoms with van der Waals surface area (Å²) in [7, 11) is 0. The summed E-state index contributed by atoms with van der Waals surface area (Å²) in [6, 6.07) is 6.73. The molecule has 0 bridgehead atoms. The van der Waals surface area contributed by atoms with Crippen molar-refractivity contribution in [3.8, 4) is 5.75 Å². The van der Waals surface area contributed by atoms with Crippen LogP contribution in [0.25, 0.3) is 16.6 Å². The second-order valence-corrected chi connectivity index (χ2v) is 3.60. The molecule has 0 saturated heterocycles. The molecule has 0 amide bonds. The molecule has 0 aliphatic carbocycles. The summed E-state index contributed by atoms with van der Waals surface area (Å²) < 4.78 is 6.54. The summed E-state index contributed by atoms with van der Waals surface area (Å²) in [6.07, 6.45) is 1.73. The summed E-state index contributed by atoms with van der Waals surface area (Å²) in [5.74, 6) is -0.255. The van der Waals surface area contributed by atoms with Crippen LogP contribution in [0.3, 0.4) is 0 Å². The number of aromatic nitrogens is 1. The van der Waals surface area contributed by atoms with Gasteiger partial charge in [-0.25, -0.2) is 4.79 Å². The lowest BCUT2D eigenvalue weighted by molar-refractivity contribution is -0.136. The zero-order valence-corrected chi connectivity index (χ0v) is 9.51. The topological polar surface area (TPSA) is 51.5 Å². The van der Waals surface area contributed by atoms with Crippen LogP contribution in [0.15, 0.2) is 37.0 Å². The Hall–Kier alpha value is -2.23. The van der Waals surface area contributed by atoms with Gasteiger partial charge in [0, 0.05) is 11.6 Å². The minimum Gasteiger partial charge on any atom is -0.508 e. The quantitative estimate of drug-likeness (QED) is 0.651. The largest absolute Gasteiger partial charge is 0.508 e. The van der Waals surface area contributed by atoms with Crippen molar-refractivity contribution in [1.82, 2.24) is 4.57 Å². The number of carbonyl (C=O) groups excluding carboxylic acids is 1. The van der Waals surface area contributed by atoms with Gasteiger partial charge in [0.15, 0.2) is 0 Å². The van der Waals surface area contributed by atoms with E-state index in [-0.39, 0.29) is 11.4 Å². The fourth-order valence-corrected chi connectivity index (χ4v) is 1.68. The molecule has 1 N–H and O–H groups in total. The Labute approximate surface area is 98.7 Å². The van der Waals surface area contributed by atoms with Gasteiger partial charge in [-0.05, 0) is 31.2 Å². The summed E-state index contributed by atoms with van der Waals surface area (Å²) in [5.41, 5.74) is 1.06. The lowest BCUT2D eigenvalue weighted by atomic mass is 10.2. The van der Waals surface area contributed by atoms with Crippen molar-refractivity contribution in [2.75, 3.05) is 6.61 Å². The number of carbonyl (C=O) groups is 1. The summed E-state index contributed by atoms with van der Waals surface area (Å²) in [6.45, 7) is 5.78. The number of hydrogen-bond donors (Lipinski definition) is 1. The van der Waals surface area contributed by atoms with E-state index in [2.05, 4.69) is 6.58 Å². The number of ether oxygens (including phenoxy) is 1. The molecule has 0 spiro atoms. The van der Waals surface area contributed by atoms with Crippen molar-refractivity contribution in [3.05, 3.63) is 37.0 Å². The molecule has 1 aromatic carbocycles. The van der Waals surface area contributed by atoms with Crippen LogP contribution >= 0.6 is 0 Å². The van der Waals surface area contributed by atoms with Gasteiger partial charge < -0.3 is 14.4 Å². The molecular formula is C13H13NO3. The predicted octanol–water partition coefficient (Wildman–Crippen LogP) is 2.38. The molecule has 0 atom stereocenters. The van der Waals surface area contributed by atoms with E-state index in [9.17, 15) is 9.90 Å². The third kappa shape index (κ3) is 2.01.